The SMILES string of the molecule is CCCCCCCCCCCCCCCCNCCn1cnc2c1c(=O)n(C)c(=O)n2C. The van der Waals surface area contributed by atoms with Gasteiger partial charge in [0, 0.05) is 27.2 Å². The Labute approximate surface area is 193 Å². The van der Waals surface area contributed by atoms with E-state index in [0.717, 1.165) is 17.7 Å². The van der Waals surface area contributed by atoms with Gasteiger partial charge in [0.2, 0.25) is 0 Å². The van der Waals surface area contributed by atoms with E-state index in [0.29, 0.717) is 17.7 Å². The Morgan fingerprint density at radius 2 is 1.28 bits per heavy atom. The summed E-state index contributed by atoms with van der Waals surface area (Å²) in [4.78, 5) is 28.7. The van der Waals surface area contributed by atoms with Gasteiger partial charge in [-0.05, 0) is 13.0 Å². The third-order valence-corrected chi connectivity index (χ3v) is 6.45. The minimum Gasteiger partial charge on any atom is -0.323 e. The highest BCUT2D eigenvalue weighted by molar-refractivity contribution is 5.69. The van der Waals surface area contributed by atoms with Crippen molar-refractivity contribution >= 4 is 11.2 Å². The van der Waals surface area contributed by atoms with Gasteiger partial charge in [-0.1, -0.05) is 90.4 Å². The van der Waals surface area contributed by atoms with Crippen molar-refractivity contribution in [1.29, 1.82) is 0 Å². The molecule has 2 aromatic rings. The van der Waals surface area contributed by atoms with Crippen LogP contribution in [0.2, 0.25) is 0 Å². The van der Waals surface area contributed by atoms with E-state index < -0.39 is 0 Å². The zero-order valence-electron chi connectivity index (χ0n) is 20.7. The maximum absolute atomic E-state index is 12.4. The normalized spacial score (nSPS) is 11.6. The Morgan fingerprint density at radius 1 is 0.750 bits per heavy atom. The van der Waals surface area contributed by atoms with Crippen LogP contribution in [0.15, 0.2) is 15.9 Å². The lowest BCUT2D eigenvalue weighted by Crippen LogP contribution is -2.37. The molecule has 0 saturated carbocycles. The molecule has 0 fully saturated rings. The Morgan fingerprint density at radius 3 is 1.84 bits per heavy atom. The second-order valence-corrected chi connectivity index (χ2v) is 9.16. The average molecular weight is 448 g/mol. The van der Waals surface area contributed by atoms with E-state index in [1.165, 1.54) is 102 Å². The summed E-state index contributed by atoms with van der Waals surface area (Å²) < 4.78 is 4.41. The number of nitrogens with one attached hydrogen (secondary N) is 1. The highest BCUT2D eigenvalue weighted by Gasteiger charge is 2.13. The molecule has 2 rings (SSSR count). The van der Waals surface area contributed by atoms with Gasteiger partial charge in [-0.3, -0.25) is 13.9 Å². The van der Waals surface area contributed by atoms with Crippen LogP contribution < -0.4 is 16.6 Å². The summed E-state index contributed by atoms with van der Waals surface area (Å²) in [7, 11) is 3.16. The topological polar surface area (TPSA) is 73.8 Å². The van der Waals surface area contributed by atoms with Crippen LogP contribution in [0, 0.1) is 0 Å². The minimum atomic E-state index is -0.344. The molecular formula is C25H45N5O2. The standard InChI is InChI=1S/C25H45N5O2/c1-4-5-6-7-8-9-10-11-12-13-14-15-16-17-18-26-19-20-30-21-27-23-22(30)24(31)29(3)25(32)28(23)2/h21,26H,4-20H2,1-3H3. The van der Waals surface area contributed by atoms with E-state index in [1.807, 2.05) is 4.57 Å². The first-order valence-electron chi connectivity index (χ1n) is 12.9. The number of hydrogen-bond donors (Lipinski definition) is 1. The molecule has 0 aliphatic carbocycles. The molecule has 0 atom stereocenters. The summed E-state index contributed by atoms with van der Waals surface area (Å²) in [5.41, 5.74) is 0.314. The fourth-order valence-electron chi connectivity index (χ4n) is 4.34. The summed E-state index contributed by atoms with van der Waals surface area (Å²) in [5.74, 6) is 0. The largest absolute Gasteiger partial charge is 0.332 e. The lowest BCUT2D eigenvalue weighted by Gasteiger charge is -2.08. The number of hydrogen-bond acceptors (Lipinski definition) is 4. The number of aromatic nitrogens is 4. The zero-order chi connectivity index (χ0) is 23.2. The van der Waals surface area contributed by atoms with Crippen molar-refractivity contribution < 1.29 is 0 Å². The molecule has 7 nitrogen and oxygen atoms in total. The third kappa shape index (κ3) is 8.23. The van der Waals surface area contributed by atoms with E-state index in [4.69, 9.17) is 0 Å². The van der Waals surface area contributed by atoms with E-state index in [-0.39, 0.29) is 11.2 Å². The van der Waals surface area contributed by atoms with Crippen molar-refractivity contribution in [3.8, 4) is 0 Å². The Kier molecular flexibility index (Phi) is 12.4. The van der Waals surface area contributed by atoms with Gasteiger partial charge >= 0.3 is 5.69 Å². The smallest absolute Gasteiger partial charge is 0.323 e. The van der Waals surface area contributed by atoms with Crippen LogP contribution in [0.3, 0.4) is 0 Å². The fraction of sp³-hybridized carbons (Fsp3) is 0.800. The first-order valence-corrected chi connectivity index (χ1v) is 12.9. The summed E-state index contributed by atoms with van der Waals surface area (Å²) in [5, 5.41) is 3.47. The van der Waals surface area contributed by atoms with Gasteiger partial charge in [0.15, 0.2) is 11.2 Å². The molecule has 0 bridgehead atoms. The van der Waals surface area contributed by atoms with E-state index in [1.54, 1.807) is 13.4 Å². The van der Waals surface area contributed by atoms with Gasteiger partial charge in [0.1, 0.15) is 0 Å². The van der Waals surface area contributed by atoms with Gasteiger partial charge in [0.25, 0.3) is 5.56 Å². The molecule has 0 saturated heterocycles. The first kappa shape index (κ1) is 26.4. The number of imidazole rings is 1. The molecule has 2 aromatic heterocycles. The Bertz CT molecular complexity index is 896. The van der Waals surface area contributed by atoms with Crippen LogP contribution in [0.4, 0.5) is 0 Å². The monoisotopic (exact) mass is 447 g/mol. The summed E-state index contributed by atoms with van der Waals surface area (Å²) in [6.45, 7) is 4.73. The molecule has 32 heavy (non-hydrogen) atoms. The van der Waals surface area contributed by atoms with Crippen LogP contribution in [0.1, 0.15) is 96.8 Å². The van der Waals surface area contributed by atoms with Gasteiger partial charge in [0.05, 0.1) is 6.33 Å². The molecule has 7 heteroatoms. The summed E-state index contributed by atoms with van der Waals surface area (Å²) >= 11 is 0. The van der Waals surface area contributed by atoms with Gasteiger partial charge in [-0.2, -0.15) is 0 Å². The van der Waals surface area contributed by atoms with E-state index in [2.05, 4.69) is 17.2 Å². The number of fused-ring (bicyclic) bond motifs is 1. The first-order chi connectivity index (χ1) is 15.6. The average Bonchev–Trinajstić information content (AvgIpc) is 3.22. The maximum atomic E-state index is 12.4. The predicted octanol–water partition coefficient (Wildman–Crippen LogP) is 4.50. The van der Waals surface area contributed by atoms with Crippen LogP contribution in [-0.2, 0) is 20.6 Å². The van der Waals surface area contributed by atoms with Crippen molar-refractivity contribution in [3.63, 3.8) is 0 Å². The van der Waals surface area contributed by atoms with Crippen molar-refractivity contribution in [1.82, 2.24) is 24.0 Å². The lowest BCUT2D eigenvalue weighted by molar-refractivity contribution is 0.525. The van der Waals surface area contributed by atoms with Crippen molar-refractivity contribution in [2.45, 2.75) is 103 Å². The van der Waals surface area contributed by atoms with Crippen molar-refractivity contribution in [2.24, 2.45) is 14.1 Å². The molecule has 0 aliphatic heterocycles. The van der Waals surface area contributed by atoms with Gasteiger partial charge < -0.3 is 9.88 Å². The molecular weight excluding hydrogens is 402 g/mol. The molecule has 0 radical (unpaired) electrons. The molecule has 2 heterocycles. The van der Waals surface area contributed by atoms with Crippen LogP contribution >= 0.6 is 0 Å². The number of rotatable bonds is 18. The molecule has 0 aliphatic rings. The fourth-order valence-corrected chi connectivity index (χ4v) is 4.34. The number of aryl methyl sites for hydroxylation is 1. The lowest BCUT2D eigenvalue weighted by atomic mass is 10.0. The quantitative estimate of drug-likeness (QED) is 0.341. The molecule has 0 unspecified atom stereocenters. The van der Waals surface area contributed by atoms with Crippen LogP contribution in [0.25, 0.3) is 11.2 Å². The minimum absolute atomic E-state index is 0.285. The van der Waals surface area contributed by atoms with Crippen LogP contribution in [-0.4, -0.2) is 31.8 Å². The maximum Gasteiger partial charge on any atom is 0.332 e. The van der Waals surface area contributed by atoms with Gasteiger partial charge in [-0.25, -0.2) is 9.78 Å². The zero-order valence-corrected chi connectivity index (χ0v) is 20.7. The predicted molar refractivity (Wildman–Crippen MR) is 133 cm³/mol. The van der Waals surface area contributed by atoms with E-state index >= 15 is 0 Å². The molecule has 182 valence electrons. The van der Waals surface area contributed by atoms with Gasteiger partial charge in [-0.15, -0.1) is 0 Å². The highest BCUT2D eigenvalue weighted by Crippen LogP contribution is 2.12. The number of nitrogens with zero attached hydrogens (tertiary/aromatic N) is 4. The molecule has 0 spiro atoms. The number of unbranched alkanes of at least 4 members (excludes halogenated alkanes) is 13. The molecule has 0 aromatic carbocycles. The molecule has 1 N–H and O–H groups in total. The van der Waals surface area contributed by atoms with Crippen molar-refractivity contribution in [2.75, 3.05) is 13.1 Å². The second-order valence-electron chi connectivity index (χ2n) is 9.16. The summed E-state index contributed by atoms with van der Waals surface area (Å²) in [6.07, 6.45) is 20.9. The molecule has 0 amide bonds. The third-order valence-electron chi connectivity index (χ3n) is 6.45. The second kappa shape index (κ2) is 15.0. The summed E-state index contributed by atoms with van der Waals surface area (Å²) in [6, 6.07) is 0. The van der Waals surface area contributed by atoms with Crippen LogP contribution in [0.5, 0.6) is 0 Å². The van der Waals surface area contributed by atoms with E-state index in [9.17, 15) is 9.59 Å². The highest BCUT2D eigenvalue weighted by atomic mass is 16.2. The Balaban J connectivity index is 1.47. The Hall–Kier alpha value is -1.89. The van der Waals surface area contributed by atoms with Crippen molar-refractivity contribution in [3.05, 3.63) is 27.2 Å².